The first-order valence-corrected chi connectivity index (χ1v) is 9.16. The fourth-order valence-corrected chi connectivity index (χ4v) is 4.16. The highest BCUT2D eigenvalue weighted by molar-refractivity contribution is 7.22. The van der Waals surface area contributed by atoms with Crippen LogP contribution >= 0.6 is 11.3 Å². The first-order valence-electron chi connectivity index (χ1n) is 8.34. The molecule has 128 valence electrons. The fraction of sp³-hybridized carbons (Fsp3) is 0.278. The highest BCUT2D eigenvalue weighted by Gasteiger charge is 2.17. The van der Waals surface area contributed by atoms with Crippen molar-refractivity contribution in [2.24, 2.45) is 0 Å². The van der Waals surface area contributed by atoms with Crippen molar-refractivity contribution in [3.8, 4) is 27.7 Å². The van der Waals surface area contributed by atoms with Crippen LogP contribution in [-0.4, -0.2) is 30.3 Å². The molecule has 0 aliphatic heterocycles. The van der Waals surface area contributed by atoms with Crippen molar-refractivity contribution >= 4 is 21.6 Å². The molecule has 6 nitrogen and oxygen atoms in total. The number of tetrazole rings is 1. The largest absolute Gasteiger partial charge is 0.508 e. The van der Waals surface area contributed by atoms with Gasteiger partial charge in [0.2, 0.25) is 5.82 Å². The summed E-state index contributed by atoms with van der Waals surface area (Å²) in [5, 5.41) is 24.0. The zero-order valence-electron chi connectivity index (χ0n) is 14.2. The molecule has 0 aliphatic carbocycles. The van der Waals surface area contributed by atoms with Crippen LogP contribution < -0.4 is 0 Å². The normalized spacial score (nSPS) is 11.4. The van der Waals surface area contributed by atoms with Gasteiger partial charge in [-0.1, -0.05) is 13.3 Å². The predicted octanol–water partition coefficient (Wildman–Crippen LogP) is 4.36. The predicted molar refractivity (Wildman–Crippen MR) is 99.7 cm³/mol. The Bertz CT molecular complexity index is 1020. The maximum Gasteiger partial charge on any atom is 0.214 e. The Balaban J connectivity index is 1.87. The van der Waals surface area contributed by atoms with Gasteiger partial charge in [0.25, 0.3) is 0 Å². The lowest BCUT2D eigenvalue weighted by Crippen LogP contribution is -2.00. The number of phenols is 1. The van der Waals surface area contributed by atoms with Crippen LogP contribution in [0.4, 0.5) is 0 Å². The van der Waals surface area contributed by atoms with Crippen molar-refractivity contribution in [1.82, 2.24) is 25.2 Å². The molecule has 25 heavy (non-hydrogen) atoms. The van der Waals surface area contributed by atoms with E-state index in [4.69, 9.17) is 0 Å². The van der Waals surface area contributed by atoms with Crippen molar-refractivity contribution in [3.05, 3.63) is 35.9 Å². The molecule has 0 unspecified atom stereocenters. The number of rotatable bonds is 5. The average Bonchev–Trinajstić information content (AvgIpc) is 3.29. The van der Waals surface area contributed by atoms with Gasteiger partial charge in [-0.15, -0.1) is 21.5 Å². The van der Waals surface area contributed by atoms with Gasteiger partial charge < -0.3 is 9.67 Å². The molecular formula is C18H19N5OS. The number of phenolic OH excluding ortho intramolecular Hbond substituents is 1. The van der Waals surface area contributed by atoms with Crippen molar-refractivity contribution in [2.75, 3.05) is 0 Å². The number of benzene rings is 1. The van der Waals surface area contributed by atoms with E-state index in [2.05, 4.69) is 44.2 Å². The van der Waals surface area contributed by atoms with Crippen LogP contribution in [0.3, 0.4) is 0 Å². The van der Waals surface area contributed by atoms with Crippen LogP contribution in [0.15, 0.2) is 30.3 Å². The Kier molecular flexibility index (Phi) is 4.01. The number of nitrogens with zero attached hydrogens (tertiary/aromatic N) is 4. The molecule has 3 heterocycles. The standard InChI is InChI=1S/C18H19N5OS/c1-3-4-7-23-14(13-6-5-12(24)8-11(13)2)9-16-15(23)10-17(25-16)18-19-21-22-20-18/h5-6,8-10,24H,3-4,7H2,1-2H3,(H,19,20,21,22). The van der Waals surface area contributed by atoms with E-state index in [0.717, 1.165) is 35.4 Å². The zero-order valence-corrected chi connectivity index (χ0v) is 15.0. The molecule has 0 atom stereocenters. The number of hydrogen-bond acceptors (Lipinski definition) is 5. The lowest BCUT2D eigenvalue weighted by molar-refractivity contribution is 0.475. The number of aromatic hydroxyl groups is 1. The van der Waals surface area contributed by atoms with E-state index in [1.807, 2.05) is 19.1 Å². The summed E-state index contributed by atoms with van der Waals surface area (Å²) in [5.41, 5.74) is 4.60. The van der Waals surface area contributed by atoms with Crippen LogP contribution in [0, 0.1) is 6.92 Å². The van der Waals surface area contributed by atoms with Crippen LogP contribution in [0.1, 0.15) is 25.3 Å². The molecule has 0 saturated carbocycles. The SMILES string of the molecule is CCCCn1c(-c2ccc(O)cc2C)cc2sc(-c3nn[nH]n3)cc21. The van der Waals surface area contributed by atoms with Gasteiger partial charge in [-0.2, -0.15) is 5.21 Å². The third-order valence-corrected chi connectivity index (χ3v) is 5.44. The molecule has 0 saturated heterocycles. The molecule has 7 heteroatoms. The summed E-state index contributed by atoms with van der Waals surface area (Å²) in [7, 11) is 0. The summed E-state index contributed by atoms with van der Waals surface area (Å²) in [6.45, 7) is 5.19. The molecule has 4 aromatic rings. The molecule has 0 amide bonds. The number of hydrogen-bond donors (Lipinski definition) is 2. The first kappa shape index (κ1) is 15.8. The molecule has 0 fully saturated rings. The lowest BCUT2D eigenvalue weighted by Gasteiger charge is -2.12. The smallest absolute Gasteiger partial charge is 0.214 e. The number of nitrogens with one attached hydrogen (secondary N) is 1. The highest BCUT2D eigenvalue weighted by Crippen LogP contribution is 2.38. The Labute approximate surface area is 149 Å². The van der Waals surface area contributed by atoms with Crippen molar-refractivity contribution in [3.63, 3.8) is 0 Å². The van der Waals surface area contributed by atoms with E-state index < -0.39 is 0 Å². The van der Waals surface area contributed by atoms with E-state index in [-0.39, 0.29) is 0 Å². The topological polar surface area (TPSA) is 79.6 Å². The summed E-state index contributed by atoms with van der Waals surface area (Å²) in [4.78, 5) is 1.01. The summed E-state index contributed by atoms with van der Waals surface area (Å²) in [6, 6.07) is 9.91. The van der Waals surface area contributed by atoms with E-state index in [1.165, 1.54) is 15.9 Å². The second-order valence-electron chi connectivity index (χ2n) is 6.13. The quantitative estimate of drug-likeness (QED) is 0.558. The van der Waals surface area contributed by atoms with Gasteiger partial charge >= 0.3 is 0 Å². The monoisotopic (exact) mass is 353 g/mol. The number of fused-ring (bicyclic) bond motifs is 1. The minimum absolute atomic E-state index is 0.300. The summed E-state index contributed by atoms with van der Waals surface area (Å²) >= 11 is 1.67. The molecule has 1 aromatic carbocycles. The molecule has 0 spiro atoms. The molecular weight excluding hydrogens is 334 g/mol. The minimum Gasteiger partial charge on any atom is -0.508 e. The molecule has 0 radical (unpaired) electrons. The van der Waals surface area contributed by atoms with Crippen LogP contribution in [-0.2, 0) is 6.54 Å². The van der Waals surface area contributed by atoms with Gasteiger partial charge in [0.15, 0.2) is 0 Å². The van der Waals surface area contributed by atoms with E-state index in [0.29, 0.717) is 11.6 Å². The second-order valence-corrected chi connectivity index (χ2v) is 7.21. The summed E-state index contributed by atoms with van der Waals surface area (Å²) in [5.74, 6) is 0.930. The summed E-state index contributed by atoms with van der Waals surface area (Å²) < 4.78 is 3.57. The van der Waals surface area contributed by atoms with Gasteiger partial charge in [-0.05, 0) is 54.5 Å². The number of aromatic nitrogens is 5. The lowest BCUT2D eigenvalue weighted by atomic mass is 10.1. The Hall–Kier alpha value is -2.67. The van der Waals surface area contributed by atoms with E-state index >= 15 is 0 Å². The van der Waals surface area contributed by atoms with Crippen molar-refractivity contribution in [1.29, 1.82) is 0 Å². The Morgan fingerprint density at radius 2 is 2.12 bits per heavy atom. The molecule has 3 aromatic heterocycles. The number of thiophene rings is 1. The maximum atomic E-state index is 9.71. The van der Waals surface area contributed by atoms with Gasteiger partial charge in [-0.25, -0.2) is 0 Å². The highest BCUT2D eigenvalue weighted by atomic mass is 32.1. The fourth-order valence-electron chi connectivity index (χ4n) is 3.13. The van der Waals surface area contributed by atoms with Crippen molar-refractivity contribution < 1.29 is 5.11 Å². The molecule has 0 bridgehead atoms. The first-order chi connectivity index (χ1) is 12.2. The van der Waals surface area contributed by atoms with Crippen LogP contribution in [0.25, 0.3) is 32.2 Å². The van der Waals surface area contributed by atoms with Gasteiger partial charge in [0.05, 0.1) is 20.8 Å². The molecule has 2 N–H and O–H groups in total. The average molecular weight is 353 g/mol. The molecule has 4 rings (SSSR count). The molecule has 0 aliphatic rings. The third-order valence-electron chi connectivity index (χ3n) is 4.38. The Morgan fingerprint density at radius 3 is 2.84 bits per heavy atom. The van der Waals surface area contributed by atoms with Gasteiger partial charge in [-0.3, -0.25) is 0 Å². The summed E-state index contributed by atoms with van der Waals surface area (Å²) in [6.07, 6.45) is 2.25. The van der Waals surface area contributed by atoms with Crippen molar-refractivity contribution in [2.45, 2.75) is 33.2 Å². The third kappa shape index (κ3) is 2.80. The van der Waals surface area contributed by atoms with Gasteiger partial charge in [0, 0.05) is 12.1 Å². The Morgan fingerprint density at radius 1 is 1.24 bits per heavy atom. The van der Waals surface area contributed by atoms with E-state index in [1.54, 1.807) is 17.4 Å². The minimum atomic E-state index is 0.300. The number of aromatic amines is 1. The zero-order chi connectivity index (χ0) is 17.4. The second kappa shape index (κ2) is 6.33. The van der Waals surface area contributed by atoms with Gasteiger partial charge in [0.1, 0.15) is 5.75 Å². The number of H-pyrrole nitrogens is 1. The maximum absolute atomic E-state index is 9.71. The number of aryl methyl sites for hydroxylation is 2. The van der Waals surface area contributed by atoms with E-state index in [9.17, 15) is 5.11 Å². The number of unbranched alkanes of at least 4 members (excludes halogenated alkanes) is 1. The van der Waals surface area contributed by atoms with Crippen LogP contribution in [0.5, 0.6) is 5.75 Å². The van der Waals surface area contributed by atoms with Crippen LogP contribution in [0.2, 0.25) is 0 Å².